The Morgan fingerprint density at radius 3 is 2.35 bits per heavy atom. The van der Waals surface area contributed by atoms with Crippen molar-refractivity contribution in [3.63, 3.8) is 0 Å². The Bertz CT molecular complexity index is 244. The summed E-state index contributed by atoms with van der Waals surface area (Å²) < 4.78 is 4.84. The maximum absolute atomic E-state index is 11.5. The number of hydrogen-bond acceptors (Lipinski definition) is 5. The first-order valence-electron chi connectivity index (χ1n) is 5.90. The van der Waals surface area contributed by atoms with Crippen molar-refractivity contribution in [2.75, 3.05) is 45.9 Å². The molecule has 0 atom stereocenters. The quantitative estimate of drug-likeness (QED) is 0.700. The summed E-state index contributed by atoms with van der Waals surface area (Å²) in [5, 5.41) is 18.2. The molecule has 0 aromatic heterocycles. The second kappa shape index (κ2) is 6.18. The Morgan fingerprint density at radius 1 is 1.29 bits per heavy atom. The number of hydrogen-bond donors (Lipinski definition) is 2. The van der Waals surface area contributed by atoms with E-state index in [0.717, 1.165) is 13.1 Å². The predicted octanol–water partition coefficient (Wildman–Crippen LogP) is -0.496. The van der Waals surface area contributed by atoms with Gasteiger partial charge in [-0.2, -0.15) is 0 Å². The van der Waals surface area contributed by atoms with Crippen LogP contribution in [0, 0.1) is 0 Å². The van der Waals surface area contributed by atoms with E-state index < -0.39 is 5.60 Å². The van der Waals surface area contributed by atoms with Crippen LogP contribution in [0.5, 0.6) is 0 Å². The van der Waals surface area contributed by atoms with Gasteiger partial charge in [-0.05, 0) is 13.8 Å². The van der Waals surface area contributed by atoms with Crippen LogP contribution in [-0.2, 0) is 4.74 Å². The average Bonchev–Trinajstić information content (AvgIpc) is 2.24. The topological polar surface area (TPSA) is 73.2 Å². The second-order valence-corrected chi connectivity index (χ2v) is 4.91. The molecule has 1 aliphatic heterocycles. The Kier molecular flexibility index (Phi) is 5.17. The average molecular weight is 246 g/mol. The van der Waals surface area contributed by atoms with Gasteiger partial charge in [0.1, 0.15) is 6.61 Å². The Balaban J connectivity index is 2.28. The highest BCUT2D eigenvalue weighted by molar-refractivity contribution is 5.67. The zero-order valence-corrected chi connectivity index (χ0v) is 10.6. The largest absolute Gasteiger partial charge is 0.447 e. The molecular formula is C11H22N2O4. The molecule has 17 heavy (non-hydrogen) atoms. The molecule has 1 saturated heterocycles. The summed E-state index contributed by atoms with van der Waals surface area (Å²) in [7, 11) is 0. The second-order valence-electron chi connectivity index (χ2n) is 4.91. The van der Waals surface area contributed by atoms with Gasteiger partial charge in [-0.15, -0.1) is 0 Å². The van der Waals surface area contributed by atoms with Gasteiger partial charge in [0.2, 0.25) is 0 Å². The van der Waals surface area contributed by atoms with Gasteiger partial charge in [-0.3, -0.25) is 4.90 Å². The third kappa shape index (κ3) is 5.34. The minimum Gasteiger partial charge on any atom is -0.447 e. The van der Waals surface area contributed by atoms with E-state index in [1.54, 1.807) is 18.7 Å². The molecule has 6 heteroatoms. The zero-order valence-electron chi connectivity index (χ0n) is 10.6. The van der Waals surface area contributed by atoms with Crippen molar-refractivity contribution in [3.8, 4) is 0 Å². The molecule has 1 amide bonds. The van der Waals surface area contributed by atoms with Crippen LogP contribution in [0.3, 0.4) is 0 Å². The molecule has 1 rings (SSSR count). The summed E-state index contributed by atoms with van der Waals surface area (Å²) in [5.74, 6) is 0. The van der Waals surface area contributed by atoms with Crippen molar-refractivity contribution in [3.05, 3.63) is 0 Å². The van der Waals surface area contributed by atoms with Gasteiger partial charge in [0, 0.05) is 32.7 Å². The Hall–Kier alpha value is -0.850. The standard InChI is InChI=1S/C11H22N2O4/c1-11(2,16)9-12-3-5-13(6-4-12)10(15)17-8-7-14/h14,16H,3-9H2,1-2H3. The fourth-order valence-corrected chi connectivity index (χ4v) is 1.86. The normalized spacial score (nSPS) is 18.2. The number of ether oxygens (including phenoxy) is 1. The van der Waals surface area contributed by atoms with Crippen LogP contribution in [0.15, 0.2) is 0 Å². The van der Waals surface area contributed by atoms with E-state index >= 15 is 0 Å². The molecule has 1 aliphatic rings. The number of amides is 1. The summed E-state index contributed by atoms with van der Waals surface area (Å²) in [6.45, 7) is 6.71. The van der Waals surface area contributed by atoms with Gasteiger partial charge in [0.05, 0.1) is 12.2 Å². The maximum atomic E-state index is 11.5. The fraction of sp³-hybridized carbons (Fsp3) is 0.909. The van der Waals surface area contributed by atoms with Crippen LogP contribution >= 0.6 is 0 Å². The fourth-order valence-electron chi connectivity index (χ4n) is 1.86. The summed E-state index contributed by atoms with van der Waals surface area (Å²) in [5.41, 5.74) is -0.709. The first-order chi connectivity index (χ1) is 7.92. The first kappa shape index (κ1) is 14.2. The highest BCUT2D eigenvalue weighted by Crippen LogP contribution is 2.09. The van der Waals surface area contributed by atoms with E-state index in [4.69, 9.17) is 9.84 Å². The van der Waals surface area contributed by atoms with E-state index in [2.05, 4.69) is 4.90 Å². The molecule has 0 aromatic rings. The molecule has 0 radical (unpaired) electrons. The number of β-amino-alcohol motifs (C(OH)–C–C–N with tert-alkyl or cyclic N) is 1. The summed E-state index contributed by atoms with van der Waals surface area (Å²) in [4.78, 5) is 15.2. The van der Waals surface area contributed by atoms with Crippen LogP contribution < -0.4 is 0 Å². The number of nitrogens with zero attached hydrogens (tertiary/aromatic N) is 2. The molecule has 0 spiro atoms. The van der Waals surface area contributed by atoms with Crippen molar-refractivity contribution in [1.29, 1.82) is 0 Å². The van der Waals surface area contributed by atoms with Crippen molar-refractivity contribution in [2.45, 2.75) is 19.4 Å². The van der Waals surface area contributed by atoms with E-state index in [9.17, 15) is 9.90 Å². The Morgan fingerprint density at radius 2 is 1.88 bits per heavy atom. The lowest BCUT2D eigenvalue weighted by molar-refractivity contribution is 0.0146. The molecule has 0 bridgehead atoms. The van der Waals surface area contributed by atoms with E-state index in [1.807, 2.05) is 0 Å². The number of carbonyl (C=O) groups is 1. The van der Waals surface area contributed by atoms with Gasteiger partial charge in [-0.1, -0.05) is 0 Å². The zero-order chi connectivity index (χ0) is 12.9. The number of aliphatic hydroxyl groups is 2. The van der Waals surface area contributed by atoms with E-state index in [1.165, 1.54) is 0 Å². The minimum atomic E-state index is -0.709. The van der Waals surface area contributed by atoms with Gasteiger partial charge in [-0.25, -0.2) is 4.79 Å². The van der Waals surface area contributed by atoms with Crippen molar-refractivity contribution in [1.82, 2.24) is 9.80 Å². The third-order valence-electron chi connectivity index (χ3n) is 2.56. The number of carbonyl (C=O) groups excluding carboxylic acids is 1. The number of rotatable bonds is 4. The molecular weight excluding hydrogens is 224 g/mol. The van der Waals surface area contributed by atoms with Gasteiger partial charge in [0.15, 0.2) is 0 Å². The molecule has 0 aromatic carbocycles. The van der Waals surface area contributed by atoms with Crippen molar-refractivity contribution < 1.29 is 19.7 Å². The molecule has 2 N–H and O–H groups in total. The van der Waals surface area contributed by atoms with Gasteiger partial charge < -0.3 is 19.8 Å². The van der Waals surface area contributed by atoms with Crippen LogP contribution in [0.2, 0.25) is 0 Å². The summed E-state index contributed by atoms with van der Waals surface area (Å²) in [6, 6.07) is 0. The maximum Gasteiger partial charge on any atom is 0.409 e. The monoisotopic (exact) mass is 246 g/mol. The van der Waals surface area contributed by atoms with Crippen LogP contribution in [-0.4, -0.2) is 77.6 Å². The van der Waals surface area contributed by atoms with Crippen molar-refractivity contribution in [2.24, 2.45) is 0 Å². The number of piperazine rings is 1. The van der Waals surface area contributed by atoms with Crippen LogP contribution in [0.4, 0.5) is 4.79 Å². The van der Waals surface area contributed by atoms with Crippen molar-refractivity contribution >= 4 is 6.09 Å². The molecule has 0 aliphatic carbocycles. The SMILES string of the molecule is CC(C)(O)CN1CCN(C(=O)OCCO)CC1. The molecule has 100 valence electrons. The lowest BCUT2D eigenvalue weighted by Gasteiger charge is -2.36. The molecule has 0 saturated carbocycles. The smallest absolute Gasteiger partial charge is 0.409 e. The minimum absolute atomic E-state index is 0.0444. The van der Waals surface area contributed by atoms with E-state index in [-0.39, 0.29) is 19.3 Å². The third-order valence-corrected chi connectivity index (χ3v) is 2.56. The predicted molar refractivity (Wildman–Crippen MR) is 62.7 cm³/mol. The van der Waals surface area contributed by atoms with Gasteiger partial charge in [0.25, 0.3) is 0 Å². The van der Waals surface area contributed by atoms with Gasteiger partial charge >= 0.3 is 6.09 Å². The summed E-state index contributed by atoms with van der Waals surface area (Å²) in [6.07, 6.45) is -0.373. The van der Waals surface area contributed by atoms with E-state index in [0.29, 0.717) is 19.6 Å². The van der Waals surface area contributed by atoms with Crippen LogP contribution in [0.25, 0.3) is 0 Å². The molecule has 6 nitrogen and oxygen atoms in total. The molecule has 1 heterocycles. The first-order valence-corrected chi connectivity index (χ1v) is 5.90. The molecule has 1 fully saturated rings. The Labute approximate surface area is 102 Å². The highest BCUT2D eigenvalue weighted by atomic mass is 16.6. The summed E-state index contributed by atoms with van der Waals surface area (Å²) >= 11 is 0. The molecule has 0 unspecified atom stereocenters. The lowest BCUT2D eigenvalue weighted by Crippen LogP contribution is -2.52. The number of aliphatic hydroxyl groups excluding tert-OH is 1. The lowest BCUT2D eigenvalue weighted by atomic mass is 10.1. The van der Waals surface area contributed by atoms with Crippen LogP contribution in [0.1, 0.15) is 13.8 Å². The highest BCUT2D eigenvalue weighted by Gasteiger charge is 2.25.